The molecule has 1 aliphatic heterocycles. The largest absolute Gasteiger partial charge is 0.438 e. The molecule has 1 aliphatic rings. The van der Waals surface area contributed by atoms with Gasteiger partial charge in [0.25, 0.3) is 11.6 Å². The van der Waals surface area contributed by atoms with Crippen LogP contribution in [0.1, 0.15) is 29.3 Å². The van der Waals surface area contributed by atoms with Crippen LogP contribution in [0.2, 0.25) is 5.02 Å². The number of rotatable bonds is 1. The Hall–Kier alpha value is -1.60. The van der Waals surface area contributed by atoms with Crippen molar-refractivity contribution in [1.29, 1.82) is 0 Å². The maximum Gasteiger partial charge on any atom is 0.438 e. The number of hydrogen-bond donors (Lipinski definition) is 1. The van der Waals surface area contributed by atoms with Gasteiger partial charge in [-0.2, -0.15) is 23.3 Å². The average molecular weight is 321 g/mol. The minimum absolute atomic E-state index is 0.0152. The highest BCUT2D eigenvalue weighted by atomic mass is 35.5. The normalized spacial score (nSPS) is 22.4. The molecule has 1 atom stereocenters. The van der Waals surface area contributed by atoms with E-state index in [1.807, 2.05) is 0 Å². The average Bonchev–Trinajstić information content (AvgIpc) is 2.68. The van der Waals surface area contributed by atoms with E-state index < -0.39 is 24.2 Å². The van der Waals surface area contributed by atoms with E-state index in [0.29, 0.717) is 5.56 Å². The van der Waals surface area contributed by atoms with Gasteiger partial charge in [-0.1, -0.05) is 17.7 Å². The van der Waals surface area contributed by atoms with Gasteiger partial charge in [-0.05, 0) is 31.5 Å². The molecule has 0 aromatic heterocycles. The number of hydrogen-bond acceptors (Lipinski definition) is 3. The lowest BCUT2D eigenvalue weighted by atomic mass is 10.1. The maximum atomic E-state index is 13.0. The Bertz CT molecular complexity index is 630. The first kappa shape index (κ1) is 15.8. The van der Waals surface area contributed by atoms with Crippen LogP contribution in [-0.4, -0.2) is 33.6 Å². The molecular weight excluding hydrogens is 309 g/mol. The summed E-state index contributed by atoms with van der Waals surface area (Å²) in [5, 5.41) is 13.7. The molecule has 0 saturated heterocycles. The Kier molecular flexibility index (Phi) is 3.75. The SMILES string of the molecule is CC1=NN(C(=O)c2ccc(C)c(Cl)c2)[C@](O)(C(F)(F)F)C1. The number of aliphatic hydroxyl groups is 1. The summed E-state index contributed by atoms with van der Waals surface area (Å²) < 4.78 is 39.1. The van der Waals surface area contributed by atoms with Gasteiger partial charge in [-0.25, -0.2) is 0 Å². The predicted octanol–water partition coefficient (Wildman–Crippen LogP) is 3.12. The fraction of sp³-hybridized carbons (Fsp3) is 0.385. The molecule has 2 rings (SSSR count). The Labute approximate surface area is 123 Å². The highest BCUT2D eigenvalue weighted by Gasteiger charge is 2.62. The number of carbonyl (C=O) groups is 1. The van der Waals surface area contributed by atoms with Crippen LogP contribution >= 0.6 is 11.6 Å². The molecule has 0 unspecified atom stereocenters. The zero-order valence-electron chi connectivity index (χ0n) is 11.2. The van der Waals surface area contributed by atoms with E-state index in [4.69, 9.17) is 11.6 Å². The minimum Gasteiger partial charge on any atom is -0.362 e. The van der Waals surface area contributed by atoms with Gasteiger partial charge in [0.15, 0.2) is 0 Å². The topological polar surface area (TPSA) is 52.9 Å². The number of alkyl halides is 3. The molecule has 0 saturated carbocycles. The van der Waals surface area contributed by atoms with Gasteiger partial charge in [0.05, 0.1) is 0 Å². The van der Waals surface area contributed by atoms with Gasteiger partial charge in [0.1, 0.15) is 0 Å². The fourth-order valence-corrected chi connectivity index (χ4v) is 2.18. The van der Waals surface area contributed by atoms with Crippen molar-refractivity contribution in [2.24, 2.45) is 5.10 Å². The molecule has 1 N–H and O–H groups in total. The molecule has 1 amide bonds. The Morgan fingerprint density at radius 2 is 2.05 bits per heavy atom. The number of hydrazone groups is 1. The van der Waals surface area contributed by atoms with E-state index in [9.17, 15) is 23.1 Å². The van der Waals surface area contributed by atoms with Crippen molar-refractivity contribution in [2.45, 2.75) is 32.2 Å². The summed E-state index contributed by atoms with van der Waals surface area (Å²) in [6, 6.07) is 4.09. The van der Waals surface area contributed by atoms with Crippen LogP contribution in [0.15, 0.2) is 23.3 Å². The van der Waals surface area contributed by atoms with E-state index in [1.54, 1.807) is 6.92 Å². The monoisotopic (exact) mass is 320 g/mol. The quantitative estimate of drug-likeness (QED) is 0.864. The van der Waals surface area contributed by atoms with E-state index in [-0.39, 0.29) is 21.3 Å². The molecule has 0 bridgehead atoms. The number of amides is 1. The maximum absolute atomic E-state index is 13.0. The molecule has 8 heteroatoms. The first-order valence-corrected chi connectivity index (χ1v) is 6.38. The van der Waals surface area contributed by atoms with Crippen LogP contribution < -0.4 is 0 Å². The molecule has 0 fully saturated rings. The summed E-state index contributed by atoms with van der Waals surface area (Å²) in [5.41, 5.74) is -2.71. The standard InChI is InChI=1S/C13H12ClF3N2O2/c1-7-3-4-9(5-10(7)14)11(20)19-12(21,13(15,16)17)6-8(2)18-19/h3-5,21H,6H2,1-2H3/t12-/m1/s1. The van der Waals surface area contributed by atoms with Crippen LogP contribution in [-0.2, 0) is 0 Å². The highest BCUT2D eigenvalue weighted by molar-refractivity contribution is 6.31. The van der Waals surface area contributed by atoms with E-state index in [2.05, 4.69) is 5.10 Å². The van der Waals surface area contributed by atoms with Crippen molar-refractivity contribution in [3.05, 3.63) is 34.3 Å². The number of halogens is 4. The van der Waals surface area contributed by atoms with Crippen molar-refractivity contribution < 1.29 is 23.1 Å². The Balaban J connectivity index is 2.43. The molecule has 1 aromatic rings. The zero-order chi connectivity index (χ0) is 16.0. The number of nitrogens with zero attached hydrogens (tertiary/aromatic N) is 2. The molecule has 1 aromatic carbocycles. The van der Waals surface area contributed by atoms with Crippen LogP contribution in [0.25, 0.3) is 0 Å². The van der Waals surface area contributed by atoms with Gasteiger partial charge in [0.2, 0.25) is 0 Å². The summed E-state index contributed by atoms with van der Waals surface area (Å²) in [6.45, 7) is 3.01. The van der Waals surface area contributed by atoms with Gasteiger partial charge in [0, 0.05) is 22.7 Å². The predicted molar refractivity (Wildman–Crippen MR) is 71.1 cm³/mol. The second-order valence-corrected chi connectivity index (χ2v) is 5.31. The lowest BCUT2D eigenvalue weighted by Gasteiger charge is -2.32. The zero-order valence-corrected chi connectivity index (χ0v) is 12.0. The smallest absolute Gasteiger partial charge is 0.362 e. The third-order valence-electron chi connectivity index (χ3n) is 3.19. The first-order valence-electron chi connectivity index (χ1n) is 6.00. The fourth-order valence-electron chi connectivity index (χ4n) is 2.00. The van der Waals surface area contributed by atoms with Crippen LogP contribution in [0.5, 0.6) is 0 Å². The van der Waals surface area contributed by atoms with Crippen molar-refractivity contribution in [2.75, 3.05) is 0 Å². The summed E-state index contributed by atoms with van der Waals surface area (Å²) in [6.07, 6.45) is -5.79. The van der Waals surface area contributed by atoms with E-state index >= 15 is 0 Å². The van der Waals surface area contributed by atoms with Crippen molar-refractivity contribution >= 4 is 23.2 Å². The van der Waals surface area contributed by atoms with Gasteiger partial charge in [-0.3, -0.25) is 4.79 Å². The summed E-state index contributed by atoms with van der Waals surface area (Å²) >= 11 is 5.86. The molecule has 1 heterocycles. The first-order chi connectivity index (χ1) is 9.56. The molecule has 0 radical (unpaired) electrons. The second kappa shape index (κ2) is 4.99. The lowest BCUT2D eigenvalue weighted by molar-refractivity contribution is -0.297. The third kappa shape index (κ3) is 2.63. The summed E-state index contributed by atoms with van der Waals surface area (Å²) in [4.78, 5) is 12.2. The molecular formula is C13H12ClF3N2O2. The minimum atomic E-state index is -5.02. The summed E-state index contributed by atoms with van der Waals surface area (Å²) in [5.74, 6) is -1.06. The molecule has 4 nitrogen and oxygen atoms in total. The van der Waals surface area contributed by atoms with Crippen molar-refractivity contribution in [3.63, 3.8) is 0 Å². The molecule has 0 spiro atoms. The number of carbonyl (C=O) groups excluding carboxylic acids is 1. The molecule has 21 heavy (non-hydrogen) atoms. The molecule has 0 aliphatic carbocycles. The van der Waals surface area contributed by atoms with Crippen LogP contribution in [0, 0.1) is 6.92 Å². The second-order valence-electron chi connectivity index (χ2n) is 4.91. The van der Waals surface area contributed by atoms with Crippen LogP contribution in [0.3, 0.4) is 0 Å². The summed E-state index contributed by atoms with van der Waals surface area (Å²) in [7, 11) is 0. The van der Waals surface area contributed by atoms with E-state index in [1.165, 1.54) is 25.1 Å². The Morgan fingerprint density at radius 1 is 1.43 bits per heavy atom. The third-order valence-corrected chi connectivity index (χ3v) is 3.60. The lowest BCUT2D eigenvalue weighted by Crippen LogP contribution is -2.56. The highest BCUT2D eigenvalue weighted by Crippen LogP contribution is 2.41. The van der Waals surface area contributed by atoms with Crippen molar-refractivity contribution in [1.82, 2.24) is 5.01 Å². The van der Waals surface area contributed by atoms with Crippen molar-refractivity contribution in [3.8, 4) is 0 Å². The Morgan fingerprint density at radius 3 is 2.57 bits per heavy atom. The van der Waals surface area contributed by atoms with Gasteiger partial charge < -0.3 is 5.11 Å². The van der Waals surface area contributed by atoms with E-state index in [0.717, 1.165) is 0 Å². The van der Waals surface area contributed by atoms with Crippen LogP contribution in [0.4, 0.5) is 13.2 Å². The molecule has 114 valence electrons. The number of aryl methyl sites for hydroxylation is 1. The van der Waals surface area contributed by atoms with Gasteiger partial charge in [-0.15, -0.1) is 0 Å². The number of benzene rings is 1. The van der Waals surface area contributed by atoms with Gasteiger partial charge >= 0.3 is 6.18 Å².